The van der Waals surface area contributed by atoms with Crippen molar-refractivity contribution in [3.63, 3.8) is 0 Å². The molecule has 0 spiro atoms. The van der Waals surface area contributed by atoms with Crippen molar-refractivity contribution in [3.8, 4) is 0 Å². The molecule has 0 radical (unpaired) electrons. The van der Waals surface area contributed by atoms with Crippen molar-refractivity contribution in [3.05, 3.63) is 70.7 Å². The van der Waals surface area contributed by atoms with Crippen molar-refractivity contribution >= 4 is 17.5 Å². The molecule has 0 aliphatic carbocycles. The molecular formula is C18H20ClNO3. The molecule has 2 aromatic carbocycles. The zero-order chi connectivity index (χ0) is 16.5. The second-order valence-electron chi connectivity index (χ2n) is 5.32. The summed E-state index contributed by atoms with van der Waals surface area (Å²) >= 11 is 5.87. The number of carbonyl (C=O) groups excluding carboxylic acids is 1. The summed E-state index contributed by atoms with van der Waals surface area (Å²) in [5.41, 5.74) is 3.84. The van der Waals surface area contributed by atoms with Gasteiger partial charge in [0, 0.05) is 5.02 Å². The highest BCUT2D eigenvalue weighted by molar-refractivity contribution is 6.30. The average Bonchev–Trinajstić information content (AvgIpc) is 2.59. The van der Waals surface area contributed by atoms with Crippen molar-refractivity contribution in [2.24, 2.45) is 0 Å². The minimum atomic E-state index is -0.445. The Hall–Kier alpha value is -1.88. The topological polar surface area (TPSA) is 58.6 Å². The molecule has 5 heteroatoms. The summed E-state index contributed by atoms with van der Waals surface area (Å²) in [6.07, 6.45) is 1.31. The number of hydrogen-bond donors (Lipinski definition) is 2. The quantitative estimate of drug-likeness (QED) is 0.571. The SMILES string of the molecule is O=C(CC(CCc1ccc(Cl)cc1)OCc1ccccc1)NO. The molecule has 122 valence electrons. The zero-order valence-corrected chi connectivity index (χ0v) is 13.5. The van der Waals surface area contributed by atoms with Crippen LogP contribution in [0.4, 0.5) is 0 Å². The largest absolute Gasteiger partial charge is 0.373 e. The molecule has 2 N–H and O–H groups in total. The predicted molar refractivity (Wildman–Crippen MR) is 89.3 cm³/mol. The average molecular weight is 334 g/mol. The molecule has 0 aromatic heterocycles. The first-order chi connectivity index (χ1) is 11.2. The van der Waals surface area contributed by atoms with E-state index in [1.165, 1.54) is 0 Å². The van der Waals surface area contributed by atoms with Gasteiger partial charge in [0.25, 0.3) is 0 Å². The molecule has 1 atom stereocenters. The van der Waals surface area contributed by atoms with Gasteiger partial charge in [-0.1, -0.05) is 54.1 Å². The summed E-state index contributed by atoms with van der Waals surface area (Å²) < 4.78 is 5.85. The van der Waals surface area contributed by atoms with Crippen LogP contribution in [0.15, 0.2) is 54.6 Å². The first-order valence-corrected chi connectivity index (χ1v) is 7.88. The second-order valence-corrected chi connectivity index (χ2v) is 5.76. The monoisotopic (exact) mass is 333 g/mol. The van der Waals surface area contributed by atoms with Crippen LogP contribution >= 0.6 is 11.6 Å². The zero-order valence-electron chi connectivity index (χ0n) is 12.7. The van der Waals surface area contributed by atoms with Gasteiger partial charge in [0.2, 0.25) is 5.91 Å². The Bertz CT molecular complexity index is 601. The fraction of sp³-hybridized carbons (Fsp3) is 0.278. The summed E-state index contributed by atoms with van der Waals surface area (Å²) in [5, 5.41) is 9.41. The van der Waals surface area contributed by atoms with E-state index in [9.17, 15) is 4.79 Å². The van der Waals surface area contributed by atoms with Gasteiger partial charge >= 0.3 is 0 Å². The fourth-order valence-electron chi connectivity index (χ4n) is 2.26. The highest BCUT2D eigenvalue weighted by Crippen LogP contribution is 2.15. The first-order valence-electron chi connectivity index (χ1n) is 7.50. The maximum absolute atomic E-state index is 11.4. The Labute approximate surface area is 141 Å². The number of ether oxygens (including phenoxy) is 1. The Morgan fingerprint density at radius 3 is 2.43 bits per heavy atom. The first kappa shape index (κ1) is 17.5. The summed E-state index contributed by atoms with van der Waals surface area (Å²) in [6.45, 7) is 0.435. The van der Waals surface area contributed by atoms with Gasteiger partial charge in [-0.15, -0.1) is 0 Å². The van der Waals surface area contributed by atoms with Crippen molar-refractivity contribution in [2.75, 3.05) is 0 Å². The highest BCUT2D eigenvalue weighted by atomic mass is 35.5. The maximum atomic E-state index is 11.4. The Kier molecular flexibility index (Phi) is 7.07. The lowest BCUT2D eigenvalue weighted by Gasteiger charge is -2.17. The van der Waals surface area contributed by atoms with Crippen molar-refractivity contribution < 1.29 is 14.7 Å². The summed E-state index contributed by atoms with van der Waals surface area (Å²) in [4.78, 5) is 11.4. The number of hydroxylamine groups is 1. The van der Waals surface area contributed by atoms with E-state index < -0.39 is 5.91 Å². The molecule has 1 unspecified atom stereocenters. The van der Waals surface area contributed by atoms with Gasteiger partial charge in [0.05, 0.1) is 19.1 Å². The van der Waals surface area contributed by atoms with Crippen LogP contribution < -0.4 is 5.48 Å². The molecule has 1 amide bonds. The molecule has 0 heterocycles. The molecular weight excluding hydrogens is 314 g/mol. The van der Waals surface area contributed by atoms with E-state index in [0.717, 1.165) is 17.5 Å². The van der Waals surface area contributed by atoms with Crippen LogP contribution in [-0.4, -0.2) is 17.2 Å². The van der Waals surface area contributed by atoms with E-state index >= 15 is 0 Å². The second kappa shape index (κ2) is 9.30. The Morgan fingerprint density at radius 2 is 1.78 bits per heavy atom. The standard InChI is InChI=1S/C18H20ClNO3/c19-16-9-6-14(7-10-16)8-11-17(12-18(21)20-22)23-13-15-4-2-1-3-5-15/h1-7,9-10,17,22H,8,11-13H2,(H,20,21). The fourth-order valence-corrected chi connectivity index (χ4v) is 2.39. The number of aryl methyl sites for hydroxylation is 1. The van der Waals surface area contributed by atoms with Gasteiger partial charge in [-0.3, -0.25) is 10.0 Å². The van der Waals surface area contributed by atoms with Crippen molar-refractivity contribution in [1.29, 1.82) is 0 Å². The van der Waals surface area contributed by atoms with Crippen LogP contribution in [0.2, 0.25) is 5.02 Å². The molecule has 0 aliphatic heterocycles. The number of hydrogen-bond acceptors (Lipinski definition) is 3. The molecule has 0 saturated carbocycles. The molecule has 2 aromatic rings. The minimum absolute atomic E-state index is 0.122. The van der Waals surface area contributed by atoms with Gasteiger partial charge in [0.15, 0.2) is 0 Å². The molecule has 0 fully saturated rings. The number of rotatable bonds is 8. The minimum Gasteiger partial charge on any atom is -0.373 e. The summed E-state index contributed by atoms with van der Waals surface area (Å²) in [7, 11) is 0. The van der Waals surface area contributed by atoms with E-state index in [1.807, 2.05) is 54.6 Å². The van der Waals surface area contributed by atoms with Crippen LogP contribution in [0.25, 0.3) is 0 Å². The van der Waals surface area contributed by atoms with Gasteiger partial charge in [-0.05, 0) is 36.1 Å². The lowest BCUT2D eigenvalue weighted by atomic mass is 10.0. The molecule has 2 rings (SSSR count). The number of carbonyl (C=O) groups is 1. The lowest BCUT2D eigenvalue weighted by molar-refractivity contribution is -0.132. The van der Waals surface area contributed by atoms with Crippen molar-refractivity contribution in [2.45, 2.75) is 32.0 Å². The number of nitrogens with one attached hydrogen (secondary N) is 1. The molecule has 23 heavy (non-hydrogen) atoms. The van der Waals surface area contributed by atoms with Crippen LogP contribution in [0.3, 0.4) is 0 Å². The third-order valence-electron chi connectivity index (χ3n) is 3.53. The smallest absolute Gasteiger partial charge is 0.245 e. The Balaban J connectivity index is 1.90. The van der Waals surface area contributed by atoms with Crippen LogP contribution in [-0.2, 0) is 22.6 Å². The highest BCUT2D eigenvalue weighted by Gasteiger charge is 2.14. The Morgan fingerprint density at radius 1 is 1.09 bits per heavy atom. The summed E-state index contributed by atoms with van der Waals surface area (Å²) in [6, 6.07) is 17.4. The van der Waals surface area contributed by atoms with E-state index in [2.05, 4.69) is 0 Å². The van der Waals surface area contributed by atoms with E-state index in [0.29, 0.717) is 18.1 Å². The third kappa shape index (κ3) is 6.40. The van der Waals surface area contributed by atoms with Gasteiger partial charge < -0.3 is 4.74 Å². The van der Waals surface area contributed by atoms with Gasteiger partial charge in [-0.25, -0.2) is 5.48 Å². The molecule has 0 aliphatic rings. The van der Waals surface area contributed by atoms with E-state index in [4.69, 9.17) is 21.5 Å². The summed E-state index contributed by atoms with van der Waals surface area (Å²) in [5.74, 6) is -0.445. The number of halogens is 1. The maximum Gasteiger partial charge on any atom is 0.245 e. The molecule has 0 bridgehead atoms. The van der Waals surface area contributed by atoms with E-state index in [1.54, 1.807) is 5.48 Å². The molecule has 0 saturated heterocycles. The predicted octanol–water partition coefficient (Wildman–Crippen LogP) is 3.75. The van der Waals surface area contributed by atoms with Gasteiger partial charge in [-0.2, -0.15) is 0 Å². The van der Waals surface area contributed by atoms with Crippen LogP contribution in [0.1, 0.15) is 24.0 Å². The van der Waals surface area contributed by atoms with Gasteiger partial charge in [0.1, 0.15) is 0 Å². The lowest BCUT2D eigenvalue weighted by Crippen LogP contribution is -2.26. The number of benzene rings is 2. The molecule has 4 nitrogen and oxygen atoms in total. The van der Waals surface area contributed by atoms with E-state index in [-0.39, 0.29) is 12.5 Å². The number of amides is 1. The van der Waals surface area contributed by atoms with Crippen molar-refractivity contribution in [1.82, 2.24) is 5.48 Å². The van der Waals surface area contributed by atoms with Crippen LogP contribution in [0.5, 0.6) is 0 Å². The third-order valence-corrected chi connectivity index (χ3v) is 3.79. The van der Waals surface area contributed by atoms with Crippen LogP contribution in [0, 0.1) is 0 Å². The normalized spacial score (nSPS) is 11.9.